The maximum atomic E-state index is 12.6. The van der Waals surface area contributed by atoms with Crippen LogP contribution in [0.3, 0.4) is 0 Å². The van der Waals surface area contributed by atoms with E-state index >= 15 is 0 Å². The molecule has 24 heavy (non-hydrogen) atoms. The van der Waals surface area contributed by atoms with Crippen LogP contribution in [0.4, 0.5) is 5.00 Å². The van der Waals surface area contributed by atoms with Crippen molar-refractivity contribution in [2.45, 2.75) is 39.0 Å². The highest BCUT2D eigenvalue weighted by Crippen LogP contribution is 2.38. The molecule has 1 aliphatic carbocycles. The van der Waals surface area contributed by atoms with Crippen LogP contribution in [0.2, 0.25) is 0 Å². The van der Waals surface area contributed by atoms with E-state index in [1.54, 1.807) is 6.07 Å². The molecule has 1 aromatic carbocycles. The van der Waals surface area contributed by atoms with E-state index in [1.165, 1.54) is 29.7 Å². The molecule has 0 saturated heterocycles. The fraction of sp³-hybridized carbons (Fsp3) is 0.368. The molecule has 1 aliphatic rings. The van der Waals surface area contributed by atoms with Gasteiger partial charge in [-0.15, -0.1) is 11.3 Å². The number of thiophene rings is 1. The number of carbonyl (C=O) groups is 2. The Balaban J connectivity index is 1.97. The van der Waals surface area contributed by atoms with Crippen molar-refractivity contribution in [3.63, 3.8) is 0 Å². The first-order valence-corrected chi connectivity index (χ1v) is 9.03. The van der Waals surface area contributed by atoms with Crippen LogP contribution >= 0.6 is 11.3 Å². The molecule has 1 amide bonds. The van der Waals surface area contributed by atoms with Crippen LogP contribution < -0.4 is 5.32 Å². The number of benzene rings is 1. The lowest BCUT2D eigenvalue weighted by atomic mass is 10.1. The maximum absolute atomic E-state index is 12.6. The molecule has 0 aliphatic heterocycles. The highest BCUT2D eigenvalue weighted by Gasteiger charge is 2.26. The first-order valence-electron chi connectivity index (χ1n) is 8.21. The Morgan fingerprint density at radius 2 is 1.88 bits per heavy atom. The number of hydrogen-bond donors (Lipinski definition) is 1. The fourth-order valence-electron chi connectivity index (χ4n) is 3.15. The number of hydrogen-bond acceptors (Lipinski definition) is 4. The molecular weight excluding hydrogens is 322 g/mol. The Kier molecular flexibility index (Phi) is 5.00. The minimum atomic E-state index is -0.366. The molecule has 5 heteroatoms. The Morgan fingerprint density at radius 3 is 2.62 bits per heavy atom. The normalized spacial score (nSPS) is 13.8. The molecule has 0 unspecified atom stereocenters. The van der Waals surface area contributed by atoms with Crippen molar-refractivity contribution in [2.24, 2.45) is 0 Å². The molecule has 0 atom stereocenters. The summed E-state index contributed by atoms with van der Waals surface area (Å²) < 4.78 is 4.97. The average Bonchev–Trinajstić information content (AvgIpc) is 2.75. The van der Waals surface area contributed by atoms with Crippen molar-refractivity contribution in [3.05, 3.63) is 51.4 Å². The number of methoxy groups -OCH3 is 1. The summed E-state index contributed by atoms with van der Waals surface area (Å²) in [5.41, 5.74) is 3.13. The van der Waals surface area contributed by atoms with Crippen LogP contribution in [0, 0.1) is 6.92 Å². The summed E-state index contributed by atoms with van der Waals surface area (Å²) in [6.45, 7) is 1.90. The highest BCUT2D eigenvalue weighted by atomic mass is 32.1. The van der Waals surface area contributed by atoms with Gasteiger partial charge >= 0.3 is 5.97 Å². The first kappa shape index (κ1) is 16.7. The SMILES string of the molecule is COC(=O)c1c(NC(=O)c2ccccc2C)sc2c1CCCCC2. The number of rotatable bonds is 3. The van der Waals surface area contributed by atoms with Crippen LogP contribution in [0.5, 0.6) is 0 Å². The number of fused-ring (bicyclic) bond motifs is 1. The zero-order chi connectivity index (χ0) is 17.1. The van der Waals surface area contributed by atoms with Gasteiger partial charge in [-0.1, -0.05) is 24.6 Å². The summed E-state index contributed by atoms with van der Waals surface area (Å²) in [6.07, 6.45) is 5.20. The minimum Gasteiger partial charge on any atom is -0.465 e. The van der Waals surface area contributed by atoms with Crippen LogP contribution in [0.1, 0.15) is 56.0 Å². The predicted octanol–water partition coefficient (Wildman–Crippen LogP) is 4.36. The maximum Gasteiger partial charge on any atom is 0.341 e. The fourth-order valence-corrected chi connectivity index (χ4v) is 4.42. The molecule has 126 valence electrons. The molecular formula is C19H21NO3S. The van der Waals surface area contributed by atoms with Crippen molar-refractivity contribution in [2.75, 3.05) is 12.4 Å². The van der Waals surface area contributed by atoms with Gasteiger partial charge in [-0.2, -0.15) is 0 Å². The van der Waals surface area contributed by atoms with Gasteiger partial charge in [-0.3, -0.25) is 4.79 Å². The largest absolute Gasteiger partial charge is 0.465 e. The lowest BCUT2D eigenvalue weighted by Gasteiger charge is -2.09. The molecule has 0 fully saturated rings. The van der Waals surface area contributed by atoms with E-state index in [-0.39, 0.29) is 11.9 Å². The van der Waals surface area contributed by atoms with Crippen LogP contribution in [0.25, 0.3) is 0 Å². The van der Waals surface area contributed by atoms with Gasteiger partial charge in [0.1, 0.15) is 5.00 Å². The molecule has 1 aromatic heterocycles. The van der Waals surface area contributed by atoms with E-state index in [0.29, 0.717) is 16.1 Å². The van der Waals surface area contributed by atoms with Gasteiger partial charge in [0.05, 0.1) is 12.7 Å². The number of amides is 1. The van der Waals surface area contributed by atoms with Gasteiger partial charge in [0, 0.05) is 10.4 Å². The van der Waals surface area contributed by atoms with E-state index < -0.39 is 0 Å². The van der Waals surface area contributed by atoms with E-state index in [9.17, 15) is 9.59 Å². The molecule has 0 radical (unpaired) electrons. The summed E-state index contributed by atoms with van der Waals surface area (Å²) in [5.74, 6) is -0.552. The summed E-state index contributed by atoms with van der Waals surface area (Å²) in [4.78, 5) is 26.1. The second kappa shape index (κ2) is 7.18. The second-order valence-corrected chi connectivity index (χ2v) is 7.13. The van der Waals surface area contributed by atoms with Crippen molar-refractivity contribution >= 4 is 28.2 Å². The monoisotopic (exact) mass is 343 g/mol. The smallest absolute Gasteiger partial charge is 0.341 e. The average molecular weight is 343 g/mol. The number of esters is 1. The molecule has 1 N–H and O–H groups in total. The van der Waals surface area contributed by atoms with Crippen LogP contribution in [-0.2, 0) is 17.6 Å². The number of ether oxygens (including phenoxy) is 1. The van der Waals surface area contributed by atoms with Crippen molar-refractivity contribution in [1.82, 2.24) is 0 Å². The number of nitrogens with one attached hydrogen (secondary N) is 1. The summed E-state index contributed by atoms with van der Waals surface area (Å²) in [5, 5.41) is 3.55. The first-order chi connectivity index (χ1) is 11.6. The molecule has 1 heterocycles. The van der Waals surface area contributed by atoms with Crippen LogP contribution in [0.15, 0.2) is 24.3 Å². The molecule has 0 bridgehead atoms. The Bertz CT molecular complexity index is 779. The van der Waals surface area contributed by atoms with Gasteiger partial charge in [0.15, 0.2) is 0 Å². The van der Waals surface area contributed by atoms with E-state index in [2.05, 4.69) is 5.32 Å². The lowest BCUT2D eigenvalue weighted by Crippen LogP contribution is -2.15. The molecule has 0 saturated carbocycles. The van der Waals surface area contributed by atoms with E-state index in [1.807, 2.05) is 25.1 Å². The number of aryl methyl sites for hydroxylation is 2. The Hall–Kier alpha value is -2.14. The Labute approximate surface area is 145 Å². The molecule has 2 aromatic rings. The van der Waals surface area contributed by atoms with Crippen LogP contribution in [-0.4, -0.2) is 19.0 Å². The van der Waals surface area contributed by atoms with Crippen molar-refractivity contribution in [1.29, 1.82) is 0 Å². The van der Waals surface area contributed by atoms with Crippen molar-refractivity contribution in [3.8, 4) is 0 Å². The summed E-state index contributed by atoms with van der Waals surface area (Å²) >= 11 is 1.52. The topological polar surface area (TPSA) is 55.4 Å². The van der Waals surface area contributed by atoms with Gasteiger partial charge in [-0.25, -0.2) is 4.79 Å². The van der Waals surface area contributed by atoms with Gasteiger partial charge < -0.3 is 10.1 Å². The minimum absolute atomic E-state index is 0.185. The number of anilines is 1. The van der Waals surface area contributed by atoms with E-state index in [0.717, 1.165) is 36.8 Å². The van der Waals surface area contributed by atoms with Gasteiger partial charge in [-0.05, 0) is 49.8 Å². The summed E-state index contributed by atoms with van der Waals surface area (Å²) in [7, 11) is 1.38. The zero-order valence-corrected chi connectivity index (χ0v) is 14.8. The standard InChI is InChI=1S/C19H21NO3S/c1-12-8-6-7-9-13(12)17(21)20-18-16(19(22)23-2)14-10-4-3-5-11-15(14)24-18/h6-9H,3-5,10-11H2,1-2H3,(H,20,21). The van der Waals surface area contributed by atoms with Gasteiger partial charge in [0.2, 0.25) is 0 Å². The summed E-state index contributed by atoms with van der Waals surface area (Å²) in [6, 6.07) is 7.44. The molecule has 0 spiro atoms. The third-order valence-electron chi connectivity index (χ3n) is 4.43. The molecule has 4 nitrogen and oxygen atoms in total. The van der Waals surface area contributed by atoms with Gasteiger partial charge in [0.25, 0.3) is 5.91 Å². The zero-order valence-electron chi connectivity index (χ0n) is 14.0. The van der Waals surface area contributed by atoms with Crippen molar-refractivity contribution < 1.29 is 14.3 Å². The predicted molar refractivity (Wildman–Crippen MR) is 96.0 cm³/mol. The molecule has 3 rings (SSSR count). The number of carbonyl (C=O) groups excluding carboxylic acids is 2. The second-order valence-electron chi connectivity index (χ2n) is 6.03. The lowest BCUT2D eigenvalue weighted by molar-refractivity contribution is 0.0601. The quantitative estimate of drug-likeness (QED) is 0.665. The highest BCUT2D eigenvalue weighted by molar-refractivity contribution is 7.17. The third-order valence-corrected chi connectivity index (χ3v) is 5.63. The van der Waals surface area contributed by atoms with E-state index in [4.69, 9.17) is 4.74 Å². The Morgan fingerprint density at radius 1 is 1.12 bits per heavy atom. The third kappa shape index (κ3) is 3.22.